The number of thiophene rings is 1. The Hall–Kier alpha value is -0.430. The van der Waals surface area contributed by atoms with Crippen LogP contribution >= 0.6 is 11.3 Å². The fraction of sp³-hybridized carbons (Fsp3) is 0.667. The molecule has 0 unspecified atom stereocenters. The molecule has 1 saturated heterocycles. The molecule has 0 radical (unpaired) electrons. The van der Waals surface area contributed by atoms with Gasteiger partial charge in [-0.15, -0.1) is 11.3 Å². The molecular weight excluding hydrogens is 268 g/mol. The third-order valence-corrected chi connectivity index (χ3v) is 5.69. The Kier molecular flexibility index (Phi) is 5.17. The van der Waals surface area contributed by atoms with Gasteiger partial charge >= 0.3 is 0 Å². The summed E-state index contributed by atoms with van der Waals surface area (Å²) in [6, 6.07) is 4.02. The molecule has 0 bridgehead atoms. The highest BCUT2D eigenvalue weighted by Crippen LogP contribution is 2.13. The molecule has 1 aliphatic rings. The molecule has 102 valence electrons. The molecule has 2 rings (SSSR count). The quantitative estimate of drug-likeness (QED) is 0.901. The van der Waals surface area contributed by atoms with Crippen molar-refractivity contribution in [1.29, 1.82) is 0 Å². The average molecular weight is 288 g/mol. The van der Waals surface area contributed by atoms with Gasteiger partial charge in [0.2, 0.25) is 0 Å². The molecule has 0 spiro atoms. The van der Waals surface area contributed by atoms with Crippen molar-refractivity contribution < 1.29 is 8.42 Å². The maximum atomic E-state index is 12.1. The van der Waals surface area contributed by atoms with E-state index >= 15 is 0 Å². The monoisotopic (exact) mass is 288 g/mol. The molecule has 2 heterocycles. The smallest absolute Gasteiger partial charge is 0.202 e. The zero-order chi connectivity index (χ0) is 12.8. The lowest BCUT2D eigenvalue weighted by atomic mass is 10.2. The highest BCUT2D eigenvalue weighted by atomic mass is 32.2. The minimum absolute atomic E-state index is 0.485. The second kappa shape index (κ2) is 6.65. The standard InChI is InChI=1S/C12H20N2O2S2/c15-18(16,14-9-3-1-2-4-10-14)13-8-7-12-6-5-11-17-12/h5-6,11,13H,1-4,7-10H2. The first-order chi connectivity index (χ1) is 8.68. The van der Waals surface area contributed by atoms with Gasteiger partial charge in [0.15, 0.2) is 0 Å². The number of nitrogens with zero attached hydrogens (tertiary/aromatic N) is 1. The molecule has 1 aliphatic heterocycles. The Morgan fingerprint density at radius 3 is 2.56 bits per heavy atom. The summed E-state index contributed by atoms with van der Waals surface area (Å²) in [6.45, 7) is 1.81. The van der Waals surface area contributed by atoms with Gasteiger partial charge in [-0.3, -0.25) is 0 Å². The summed E-state index contributed by atoms with van der Waals surface area (Å²) < 4.78 is 28.5. The van der Waals surface area contributed by atoms with E-state index in [2.05, 4.69) is 4.72 Å². The van der Waals surface area contributed by atoms with Crippen LogP contribution in [0, 0.1) is 0 Å². The Morgan fingerprint density at radius 1 is 1.22 bits per heavy atom. The van der Waals surface area contributed by atoms with Crippen LogP contribution in [0.5, 0.6) is 0 Å². The topological polar surface area (TPSA) is 49.4 Å². The predicted molar refractivity (Wildman–Crippen MR) is 75.0 cm³/mol. The molecule has 0 amide bonds. The van der Waals surface area contributed by atoms with Crippen LogP contribution in [0.1, 0.15) is 30.6 Å². The fourth-order valence-corrected chi connectivity index (χ4v) is 4.12. The van der Waals surface area contributed by atoms with E-state index in [0.29, 0.717) is 19.6 Å². The van der Waals surface area contributed by atoms with Gasteiger partial charge < -0.3 is 0 Å². The van der Waals surface area contributed by atoms with Crippen molar-refractivity contribution >= 4 is 21.5 Å². The van der Waals surface area contributed by atoms with Gasteiger partial charge in [-0.25, -0.2) is 4.72 Å². The molecule has 0 aromatic carbocycles. The van der Waals surface area contributed by atoms with E-state index in [9.17, 15) is 8.42 Å². The van der Waals surface area contributed by atoms with Gasteiger partial charge in [-0.2, -0.15) is 12.7 Å². The first kappa shape index (κ1) is 14.0. The van der Waals surface area contributed by atoms with Crippen molar-refractivity contribution in [3.05, 3.63) is 22.4 Å². The molecule has 0 aliphatic carbocycles. The number of hydrogen-bond donors (Lipinski definition) is 1. The third-order valence-electron chi connectivity index (χ3n) is 3.14. The summed E-state index contributed by atoms with van der Waals surface area (Å²) in [5, 5.41) is 2.01. The molecule has 0 atom stereocenters. The summed E-state index contributed by atoms with van der Waals surface area (Å²) >= 11 is 1.66. The predicted octanol–water partition coefficient (Wildman–Crippen LogP) is 2.00. The molecule has 18 heavy (non-hydrogen) atoms. The SMILES string of the molecule is O=S(=O)(NCCc1cccs1)N1CCCCCC1. The molecule has 1 fully saturated rings. The van der Waals surface area contributed by atoms with E-state index in [0.717, 1.165) is 32.1 Å². The lowest BCUT2D eigenvalue weighted by Crippen LogP contribution is -2.41. The maximum absolute atomic E-state index is 12.1. The minimum atomic E-state index is -3.27. The van der Waals surface area contributed by atoms with Crippen LogP contribution in [0.15, 0.2) is 17.5 Å². The summed E-state index contributed by atoms with van der Waals surface area (Å²) in [4.78, 5) is 1.22. The fourth-order valence-electron chi connectivity index (χ4n) is 2.13. The third kappa shape index (κ3) is 4.05. The second-order valence-electron chi connectivity index (χ2n) is 4.54. The zero-order valence-electron chi connectivity index (χ0n) is 10.5. The van der Waals surface area contributed by atoms with E-state index in [1.807, 2.05) is 17.5 Å². The number of rotatable bonds is 5. The van der Waals surface area contributed by atoms with Gasteiger partial charge in [-0.1, -0.05) is 18.9 Å². The molecule has 4 nitrogen and oxygen atoms in total. The summed E-state index contributed by atoms with van der Waals surface area (Å²) in [5.41, 5.74) is 0. The van der Waals surface area contributed by atoms with Gasteiger partial charge in [0.25, 0.3) is 10.2 Å². The number of nitrogens with one attached hydrogen (secondary N) is 1. The van der Waals surface area contributed by atoms with Crippen LogP contribution in [0.25, 0.3) is 0 Å². The van der Waals surface area contributed by atoms with Crippen LogP contribution in [0.2, 0.25) is 0 Å². The van der Waals surface area contributed by atoms with Crippen LogP contribution < -0.4 is 4.72 Å². The highest BCUT2D eigenvalue weighted by Gasteiger charge is 2.21. The van der Waals surface area contributed by atoms with Crippen molar-refractivity contribution in [2.75, 3.05) is 19.6 Å². The summed E-state index contributed by atoms with van der Waals surface area (Å²) in [5.74, 6) is 0. The lowest BCUT2D eigenvalue weighted by Gasteiger charge is -2.20. The summed E-state index contributed by atoms with van der Waals surface area (Å²) in [7, 11) is -3.27. The van der Waals surface area contributed by atoms with E-state index < -0.39 is 10.2 Å². The Balaban J connectivity index is 1.82. The van der Waals surface area contributed by atoms with Crippen molar-refractivity contribution in [1.82, 2.24) is 9.03 Å². The zero-order valence-corrected chi connectivity index (χ0v) is 12.1. The Labute approximate surface area is 113 Å². The molecular formula is C12H20N2O2S2. The van der Waals surface area contributed by atoms with Gasteiger partial charge in [-0.05, 0) is 30.7 Å². The van der Waals surface area contributed by atoms with Gasteiger partial charge in [0.05, 0.1) is 0 Å². The van der Waals surface area contributed by atoms with Crippen molar-refractivity contribution in [2.45, 2.75) is 32.1 Å². The van der Waals surface area contributed by atoms with Crippen molar-refractivity contribution in [3.8, 4) is 0 Å². The molecule has 0 saturated carbocycles. The van der Waals surface area contributed by atoms with Gasteiger partial charge in [0.1, 0.15) is 0 Å². The average Bonchev–Trinajstić information content (AvgIpc) is 2.68. The number of hydrogen-bond acceptors (Lipinski definition) is 3. The van der Waals surface area contributed by atoms with E-state index in [-0.39, 0.29) is 0 Å². The summed E-state index contributed by atoms with van der Waals surface area (Å²) in [6.07, 6.45) is 5.00. The van der Waals surface area contributed by atoms with Crippen LogP contribution in [-0.2, 0) is 16.6 Å². The van der Waals surface area contributed by atoms with E-state index in [1.54, 1.807) is 15.6 Å². The minimum Gasteiger partial charge on any atom is -0.202 e. The Bertz CT molecular complexity index is 435. The molecule has 1 N–H and O–H groups in total. The largest absolute Gasteiger partial charge is 0.279 e. The van der Waals surface area contributed by atoms with Crippen molar-refractivity contribution in [3.63, 3.8) is 0 Å². The normalized spacial score (nSPS) is 18.7. The second-order valence-corrected chi connectivity index (χ2v) is 7.33. The lowest BCUT2D eigenvalue weighted by molar-refractivity contribution is 0.415. The Morgan fingerprint density at radius 2 is 1.94 bits per heavy atom. The molecule has 1 aromatic heterocycles. The molecule has 1 aromatic rings. The first-order valence-corrected chi connectivity index (χ1v) is 8.77. The van der Waals surface area contributed by atoms with E-state index in [4.69, 9.17) is 0 Å². The molecule has 6 heteroatoms. The van der Waals surface area contributed by atoms with Crippen LogP contribution in [0.3, 0.4) is 0 Å². The van der Waals surface area contributed by atoms with Gasteiger partial charge in [0, 0.05) is 24.5 Å². The highest BCUT2D eigenvalue weighted by molar-refractivity contribution is 7.87. The van der Waals surface area contributed by atoms with Crippen LogP contribution in [0.4, 0.5) is 0 Å². The van der Waals surface area contributed by atoms with E-state index in [1.165, 1.54) is 4.88 Å². The van der Waals surface area contributed by atoms with Crippen LogP contribution in [-0.4, -0.2) is 32.4 Å². The van der Waals surface area contributed by atoms with Crippen molar-refractivity contribution in [2.24, 2.45) is 0 Å². The maximum Gasteiger partial charge on any atom is 0.279 e. The first-order valence-electron chi connectivity index (χ1n) is 6.45.